The smallest absolute Gasteiger partial charge is 0.265 e. The zero-order valence-corrected chi connectivity index (χ0v) is 11.8. The van der Waals surface area contributed by atoms with Crippen LogP contribution < -0.4 is 10.1 Å². The number of ether oxygens (including phenoxy) is 1. The summed E-state index contributed by atoms with van der Waals surface area (Å²) in [6.45, 7) is 3.80. The van der Waals surface area contributed by atoms with Crippen LogP contribution in [0.1, 0.15) is 25.0 Å². The van der Waals surface area contributed by atoms with Crippen LogP contribution in [0.15, 0.2) is 42.7 Å². The molecule has 0 saturated carbocycles. The predicted molar refractivity (Wildman–Crippen MR) is 78.1 cm³/mol. The minimum atomic E-state index is -1.74. The van der Waals surface area contributed by atoms with Crippen molar-refractivity contribution in [3.63, 3.8) is 0 Å². The number of para-hydroxylation sites is 1. The largest absolute Gasteiger partial charge is 0.489 e. The van der Waals surface area contributed by atoms with Gasteiger partial charge in [0, 0.05) is 23.0 Å². The highest BCUT2D eigenvalue weighted by Crippen LogP contribution is 2.41. The van der Waals surface area contributed by atoms with E-state index in [1.807, 2.05) is 13.8 Å². The van der Waals surface area contributed by atoms with Crippen molar-refractivity contribution in [1.29, 1.82) is 0 Å². The topological polar surface area (TPSA) is 71.5 Å². The van der Waals surface area contributed by atoms with E-state index in [0.29, 0.717) is 22.6 Å². The number of aliphatic hydroxyl groups is 1. The maximum atomic E-state index is 12.3. The highest BCUT2D eigenvalue weighted by molar-refractivity contribution is 6.07. The van der Waals surface area contributed by atoms with Crippen LogP contribution in [-0.2, 0) is 10.4 Å². The second-order valence-corrected chi connectivity index (χ2v) is 5.29. The lowest BCUT2D eigenvalue weighted by atomic mass is 9.88. The molecule has 1 unspecified atom stereocenters. The summed E-state index contributed by atoms with van der Waals surface area (Å²) in [7, 11) is 0. The van der Waals surface area contributed by atoms with Gasteiger partial charge in [-0.1, -0.05) is 18.2 Å². The van der Waals surface area contributed by atoms with Crippen molar-refractivity contribution in [2.75, 3.05) is 5.32 Å². The van der Waals surface area contributed by atoms with E-state index in [1.54, 1.807) is 36.5 Å². The minimum absolute atomic E-state index is 0.0126. The first-order chi connectivity index (χ1) is 10.0. The lowest BCUT2D eigenvalue weighted by molar-refractivity contribution is -0.129. The number of nitrogens with zero attached hydrogens (tertiary/aromatic N) is 1. The van der Waals surface area contributed by atoms with Gasteiger partial charge in [0.2, 0.25) is 0 Å². The SMILES string of the molecule is CC(C)Oc1cncc(C2(O)C(=O)Nc3ccccc32)c1. The molecule has 2 heterocycles. The molecule has 0 bridgehead atoms. The molecule has 0 radical (unpaired) electrons. The Morgan fingerprint density at radius 3 is 2.81 bits per heavy atom. The van der Waals surface area contributed by atoms with Crippen molar-refractivity contribution in [1.82, 2.24) is 4.98 Å². The molecule has 0 fully saturated rings. The highest BCUT2D eigenvalue weighted by Gasteiger charge is 2.47. The standard InChI is InChI=1S/C16H16N2O3/c1-10(2)21-12-7-11(8-17-9-12)16(20)13-5-3-4-6-14(13)18-15(16)19/h3-10,20H,1-2H3,(H,18,19). The van der Waals surface area contributed by atoms with Crippen LogP contribution in [-0.4, -0.2) is 22.1 Å². The molecule has 1 atom stereocenters. The average Bonchev–Trinajstić information content (AvgIpc) is 2.72. The number of nitrogens with one attached hydrogen (secondary N) is 1. The summed E-state index contributed by atoms with van der Waals surface area (Å²) in [5, 5.41) is 13.6. The Bertz CT molecular complexity index is 699. The highest BCUT2D eigenvalue weighted by atomic mass is 16.5. The van der Waals surface area contributed by atoms with E-state index in [9.17, 15) is 9.90 Å². The summed E-state index contributed by atoms with van der Waals surface area (Å²) in [5.74, 6) is 0.0419. The Morgan fingerprint density at radius 2 is 2.05 bits per heavy atom. The molecule has 1 aliphatic heterocycles. The molecular weight excluding hydrogens is 268 g/mol. The monoisotopic (exact) mass is 284 g/mol. The van der Waals surface area contributed by atoms with Gasteiger partial charge in [0.15, 0.2) is 5.60 Å². The van der Waals surface area contributed by atoms with E-state index in [2.05, 4.69) is 10.3 Å². The summed E-state index contributed by atoms with van der Waals surface area (Å²) in [4.78, 5) is 16.3. The lowest BCUT2D eigenvalue weighted by Crippen LogP contribution is -2.35. The molecule has 1 aliphatic rings. The van der Waals surface area contributed by atoms with Crippen LogP contribution in [0.4, 0.5) is 5.69 Å². The van der Waals surface area contributed by atoms with Gasteiger partial charge in [-0.2, -0.15) is 0 Å². The van der Waals surface area contributed by atoms with E-state index >= 15 is 0 Å². The molecule has 2 N–H and O–H groups in total. The molecule has 1 aromatic heterocycles. The zero-order valence-electron chi connectivity index (χ0n) is 11.8. The van der Waals surface area contributed by atoms with E-state index in [0.717, 1.165) is 0 Å². The number of fused-ring (bicyclic) bond motifs is 1. The van der Waals surface area contributed by atoms with Crippen LogP contribution in [0.5, 0.6) is 5.75 Å². The first kappa shape index (κ1) is 13.6. The van der Waals surface area contributed by atoms with Gasteiger partial charge in [-0.05, 0) is 26.0 Å². The van der Waals surface area contributed by atoms with Crippen molar-refractivity contribution in [3.05, 3.63) is 53.9 Å². The molecule has 0 saturated heterocycles. The van der Waals surface area contributed by atoms with Crippen LogP contribution >= 0.6 is 0 Å². The number of aromatic nitrogens is 1. The predicted octanol–water partition coefficient (Wildman–Crippen LogP) is 2.06. The third kappa shape index (κ3) is 2.15. The molecule has 5 nitrogen and oxygen atoms in total. The van der Waals surface area contributed by atoms with Gasteiger partial charge in [0.05, 0.1) is 12.3 Å². The summed E-state index contributed by atoms with van der Waals surface area (Å²) >= 11 is 0. The Balaban J connectivity index is 2.09. The van der Waals surface area contributed by atoms with E-state index < -0.39 is 11.5 Å². The molecule has 1 aromatic carbocycles. The van der Waals surface area contributed by atoms with Crippen molar-refractivity contribution in [2.45, 2.75) is 25.6 Å². The van der Waals surface area contributed by atoms with Crippen molar-refractivity contribution in [2.24, 2.45) is 0 Å². The second-order valence-electron chi connectivity index (χ2n) is 5.29. The molecule has 5 heteroatoms. The van der Waals surface area contributed by atoms with Crippen molar-refractivity contribution >= 4 is 11.6 Å². The minimum Gasteiger partial charge on any atom is -0.489 e. The summed E-state index contributed by atoms with van der Waals surface area (Å²) in [5.41, 5.74) is -0.207. The number of anilines is 1. The molecule has 3 rings (SSSR count). The van der Waals surface area contributed by atoms with Crippen LogP contribution in [0, 0.1) is 0 Å². The normalized spacial score (nSPS) is 20.3. The molecular formula is C16H16N2O3. The number of rotatable bonds is 3. The maximum absolute atomic E-state index is 12.3. The number of amides is 1. The summed E-state index contributed by atoms with van der Waals surface area (Å²) < 4.78 is 5.58. The first-order valence-corrected chi connectivity index (χ1v) is 6.77. The van der Waals surface area contributed by atoms with Gasteiger partial charge >= 0.3 is 0 Å². The Morgan fingerprint density at radius 1 is 1.29 bits per heavy atom. The quantitative estimate of drug-likeness (QED) is 0.905. The van der Waals surface area contributed by atoms with Gasteiger partial charge in [-0.15, -0.1) is 0 Å². The van der Waals surface area contributed by atoms with Gasteiger partial charge < -0.3 is 15.2 Å². The Hall–Kier alpha value is -2.40. The van der Waals surface area contributed by atoms with Crippen LogP contribution in [0.3, 0.4) is 0 Å². The molecule has 1 amide bonds. The van der Waals surface area contributed by atoms with E-state index in [-0.39, 0.29) is 6.10 Å². The number of carbonyl (C=O) groups excluding carboxylic acids is 1. The Kier molecular flexibility index (Phi) is 3.14. The number of hydrogen-bond acceptors (Lipinski definition) is 4. The number of carbonyl (C=O) groups is 1. The zero-order chi connectivity index (χ0) is 15.0. The van der Waals surface area contributed by atoms with Crippen molar-refractivity contribution < 1.29 is 14.6 Å². The Labute approximate surface area is 122 Å². The molecule has 0 aliphatic carbocycles. The fourth-order valence-electron chi connectivity index (χ4n) is 2.48. The van der Waals surface area contributed by atoms with Gasteiger partial charge in [0.1, 0.15) is 5.75 Å². The third-order valence-electron chi connectivity index (χ3n) is 3.40. The van der Waals surface area contributed by atoms with Gasteiger partial charge in [-0.25, -0.2) is 0 Å². The fourth-order valence-corrected chi connectivity index (χ4v) is 2.48. The van der Waals surface area contributed by atoms with Crippen molar-refractivity contribution in [3.8, 4) is 5.75 Å². The third-order valence-corrected chi connectivity index (χ3v) is 3.40. The molecule has 2 aromatic rings. The van der Waals surface area contributed by atoms with Gasteiger partial charge in [0.25, 0.3) is 5.91 Å². The number of benzene rings is 1. The average molecular weight is 284 g/mol. The molecule has 0 spiro atoms. The van der Waals surface area contributed by atoms with Crippen LogP contribution in [0.2, 0.25) is 0 Å². The molecule has 21 heavy (non-hydrogen) atoms. The van der Waals surface area contributed by atoms with E-state index in [4.69, 9.17) is 4.74 Å². The number of pyridine rings is 1. The first-order valence-electron chi connectivity index (χ1n) is 6.77. The number of hydrogen-bond donors (Lipinski definition) is 2. The second kappa shape index (κ2) is 4.86. The maximum Gasteiger partial charge on any atom is 0.265 e. The fraction of sp³-hybridized carbons (Fsp3) is 0.250. The van der Waals surface area contributed by atoms with E-state index in [1.165, 1.54) is 6.20 Å². The summed E-state index contributed by atoms with van der Waals surface area (Å²) in [6.07, 6.45) is 3.03. The van der Waals surface area contributed by atoms with Crippen LogP contribution in [0.25, 0.3) is 0 Å². The van der Waals surface area contributed by atoms with Gasteiger partial charge in [-0.3, -0.25) is 9.78 Å². The summed E-state index contributed by atoms with van der Waals surface area (Å²) in [6, 6.07) is 8.72. The molecule has 108 valence electrons. The lowest BCUT2D eigenvalue weighted by Gasteiger charge is -2.21.